The Kier molecular flexibility index (Phi) is 3.93. The number of rotatable bonds is 5. The van der Waals surface area contributed by atoms with E-state index in [1.54, 1.807) is 0 Å². The Hall–Kier alpha value is -0.970. The van der Waals surface area contributed by atoms with Crippen LogP contribution in [0.15, 0.2) is 24.3 Å². The van der Waals surface area contributed by atoms with Crippen LogP contribution in [0.1, 0.15) is 37.1 Å². The summed E-state index contributed by atoms with van der Waals surface area (Å²) >= 11 is 1.86. The normalized spacial score (nSPS) is 23.0. The number of para-hydroxylation sites is 1. The molecule has 1 aromatic carbocycles. The molecule has 1 N–H and O–H groups in total. The van der Waals surface area contributed by atoms with Crippen molar-refractivity contribution in [3.05, 3.63) is 29.3 Å². The molecule has 3 nitrogen and oxygen atoms in total. The monoisotopic (exact) mass is 301 g/mol. The fourth-order valence-electron chi connectivity index (χ4n) is 3.31. The van der Waals surface area contributed by atoms with Crippen molar-refractivity contribution in [3.63, 3.8) is 0 Å². The smallest absolute Gasteiger partial charge is 0.108 e. The van der Waals surface area contributed by atoms with Crippen LogP contribution in [0.25, 0.3) is 10.2 Å². The summed E-state index contributed by atoms with van der Waals surface area (Å²) in [6.45, 7) is 3.42. The van der Waals surface area contributed by atoms with Crippen molar-refractivity contribution in [1.29, 1.82) is 0 Å². The summed E-state index contributed by atoms with van der Waals surface area (Å²) in [4.78, 5) is 7.48. The Morgan fingerprint density at radius 2 is 2.10 bits per heavy atom. The van der Waals surface area contributed by atoms with E-state index in [2.05, 4.69) is 34.5 Å². The van der Waals surface area contributed by atoms with E-state index in [1.165, 1.54) is 54.9 Å². The second-order valence-electron chi connectivity index (χ2n) is 6.38. The molecule has 4 rings (SSSR count). The van der Waals surface area contributed by atoms with Crippen molar-refractivity contribution < 1.29 is 0 Å². The summed E-state index contributed by atoms with van der Waals surface area (Å²) in [5, 5.41) is 4.96. The lowest BCUT2D eigenvalue weighted by Crippen LogP contribution is -2.44. The lowest BCUT2D eigenvalue weighted by Gasteiger charge is -2.30. The number of fused-ring (bicyclic) bond motifs is 1. The lowest BCUT2D eigenvalue weighted by molar-refractivity contribution is 0.208. The number of benzene rings is 1. The third kappa shape index (κ3) is 3.28. The highest BCUT2D eigenvalue weighted by atomic mass is 32.1. The van der Waals surface area contributed by atoms with Gasteiger partial charge in [0.2, 0.25) is 0 Å². The Morgan fingerprint density at radius 3 is 2.86 bits per heavy atom. The highest BCUT2D eigenvalue weighted by Gasteiger charge is 2.31. The first-order valence-corrected chi connectivity index (χ1v) is 9.02. The highest BCUT2D eigenvalue weighted by molar-refractivity contribution is 7.18. The van der Waals surface area contributed by atoms with Crippen LogP contribution in [-0.4, -0.2) is 35.1 Å². The van der Waals surface area contributed by atoms with Gasteiger partial charge in [0.25, 0.3) is 0 Å². The number of hydrogen-bond donors (Lipinski definition) is 1. The Morgan fingerprint density at radius 1 is 1.19 bits per heavy atom. The van der Waals surface area contributed by atoms with Crippen molar-refractivity contribution in [2.45, 2.75) is 50.7 Å². The molecule has 1 unspecified atom stereocenters. The number of nitrogens with zero attached hydrogens (tertiary/aromatic N) is 2. The fraction of sp³-hybridized carbons (Fsp3) is 0.588. The standard InChI is InChI=1S/C17H23N3S/c1-2-7-16-15(6-1)19-17(21-16)12-20(14-8-9-14)11-13-5-3-4-10-18-13/h1-2,6-7,13-14,18H,3-5,8-12H2. The largest absolute Gasteiger partial charge is 0.313 e. The van der Waals surface area contributed by atoms with Gasteiger partial charge in [0.15, 0.2) is 0 Å². The van der Waals surface area contributed by atoms with Crippen LogP contribution in [-0.2, 0) is 6.54 Å². The van der Waals surface area contributed by atoms with Gasteiger partial charge >= 0.3 is 0 Å². The van der Waals surface area contributed by atoms with Crippen molar-refractivity contribution in [2.24, 2.45) is 0 Å². The topological polar surface area (TPSA) is 28.2 Å². The van der Waals surface area contributed by atoms with Gasteiger partial charge in [0.05, 0.1) is 16.8 Å². The third-order valence-electron chi connectivity index (χ3n) is 4.61. The predicted octanol–water partition coefficient (Wildman–Crippen LogP) is 3.40. The summed E-state index contributed by atoms with van der Waals surface area (Å²) in [7, 11) is 0. The SMILES string of the molecule is c1ccc2sc(CN(CC3CCCCN3)C3CC3)nc2c1. The highest BCUT2D eigenvalue weighted by Crippen LogP contribution is 2.31. The summed E-state index contributed by atoms with van der Waals surface area (Å²) in [5.74, 6) is 0. The maximum atomic E-state index is 4.81. The number of hydrogen-bond acceptors (Lipinski definition) is 4. The van der Waals surface area contributed by atoms with Gasteiger partial charge in [-0.05, 0) is 44.4 Å². The zero-order valence-electron chi connectivity index (χ0n) is 12.4. The number of thiazole rings is 1. The minimum atomic E-state index is 0.689. The lowest BCUT2D eigenvalue weighted by atomic mass is 10.0. The van der Waals surface area contributed by atoms with Crippen molar-refractivity contribution in [1.82, 2.24) is 15.2 Å². The quantitative estimate of drug-likeness (QED) is 0.917. The molecule has 1 aliphatic carbocycles. The zero-order chi connectivity index (χ0) is 14.1. The molecule has 1 aliphatic heterocycles. The van der Waals surface area contributed by atoms with Crippen molar-refractivity contribution in [2.75, 3.05) is 13.1 Å². The van der Waals surface area contributed by atoms with Gasteiger partial charge in [-0.15, -0.1) is 11.3 Å². The molecular weight excluding hydrogens is 278 g/mol. The van der Waals surface area contributed by atoms with Gasteiger partial charge in [-0.3, -0.25) is 4.90 Å². The Labute approximate surface area is 130 Å². The molecule has 21 heavy (non-hydrogen) atoms. The van der Waals surface area contributed by atoms with Crippen molar-refractivity contribution in [3.8, 4) is 0 Å². The first kappa shape index (κ1) is 13.7. The summed E-state index contributed by atoms with van der Waals surface area (Å²) in [6, 6.07) is 9.99. The van der Waals surface area contributed by atoms with Crippen molar-refractivity contribution >= 4 is 21.6 Å². The van der Waals surface area contributed by atoms with E-state index in [0.29, 0.717) is 6.04 Å². The van der Waals surface area contributed by atoms with E-state index in [1.807, 2.05) is 11.3 Å². The average molecular weight is 301 g/mol. The van der Waals surface area contributed by atoms with Gasteiger partial charge in [-0.2, -0.15) is 0 Å². The zero-order valence-corrected chi connectivity index (χ0v) is 13.2. The van der Waals surface area contributed by atoms with Crippen LogP contribution in [0.5, 0.6) is 0 Å². The molecule has 1 saturated carbocycles. The first-order valence-electron chi connectivity index (χ1n) is 8.20. The summed E-state index contributed by atoms with van der Waals surface area (Å²) < 4.78 is 1.32. The van der Waals surface area contributed by atoms with Gasteiger partial charge in [-0.1, -0.05) is 18.6 Å². The maximum Gasteiger partial charge on any atom is 0.108 e. The molecule has 2 aliphatic rings. The third-order valence-corrected chi connectivity index (χ3v) is 5.63. The van der Waals surface area contributed by atoms with Crippen LogP contribution in [0, 0.1) is 0 Å². The molecule has 2 heterocycles. The molecule has 2 fully saturated rings. The molecule has 1 atom stereocenters. The number of nitrogens with one attached hydrogen (secondary N) is 1. The van der Waals surface area contributed by atoms with E-state index in [0.717, 1.165) is 18.1 Å². The Bertz CT molecular complexity index is 566. The molecule has 2 aromatic rings. The fourth-order valence-corrected chi connectivity index (χ4v) is 4.30. The number of aromatic nitrogens is 1. The molecule has 0 spiro atoms. The minimum Gasteiger partial charge on any atom is -0.313 e. The van der Waals surface area contributed by atoms with E-state index >= 15 is 0 Å². The van der Waals surface area contributed by atoms with Crippen LogP contribution in [0.2, 0.25) is 0 Å². The average Bonchev–Trinajstić information content (AvgIpc) is 3.28. The molecule has 1 aromatic heterocycles. The van der Waals surface area contributed by atoms with E-state index in [4.69, 9.17) is 4.98 Å². The molecule has 0 bridgehead atoms. The maximum absolute atomic E-state index is 4.81. The van der Waals surface area contributed by atoms with Crippen LogP contribution in [0.4, 0.5) is 0 Å². The second kappa shape index (κ2) is 6.03. The van der Waals surface area contributed by atoms with Gasteiger partial charge in [0, 0.05) is 18.6 Å². The van der Waals surface area contributed by atoms with Crippen LogP contribution in [0.3, 0.4) is 0 Å². The molecular formula is C17H23N3S. The van der Waals surface area contributed by atoms with E-state index in [9.17, 15) is 0 Å². The van der Waals surface area contributed by atoms with Gasteiger partial charge in [0.1, 0.15) is 5.01 Å². The Balaban J connectivity index is 1.46. The van der Waals surface area contributed by atoms with E-state index in [-0.39, 0.29) is 0 Å². The second-order valence-corrected chi connectivity index (χ2v) is 7.50. The number of piperidine rings is 1. The predicted molar refractivity (Wildman–Crippen MR) is 88.7 cm³/mol. The minimum absolute atomic E-state index is 0.689. The first-order chi connectivity index (χ1) is 10.4. The molecule has 0 amide bonds. The van der Waals surface area contributed by atoms with E-state index < -0.39 is 0 Å². The van der Waals surface area contributed by atoms with Gasteiger partial charge in [-0.25, -0.2) is 4.98 Å². The molecule has 4 heteroatoms. The molecule has 0 radical (unpaired) electrons. The van der Waals surface area contributed by atoms with Crippen LogP contribution < -0.4 is 5.32 Å². The molecule has 112 valence electrons. The van der Waals surface area contributed by atoms with Gasteiger partial charge < -0.3 is 5.32 Å². The summed E-state index contributed by atoms with van der Waals surface area (Å²) in [5.41, 5.74) is 1.16. The molecule has 1 saturated heterocycles. The summed E-state index contributed by atoms with van der Waals surface area (Å²) in [6.07, 6.45) is 6.81. The van der Waals surface area contributed by atoms with Crippen LogP contribution >= 0.6 is 11.3 Å².